The molecule has 0 aromatic carbocycles. The van der Waals surface area contributed by atoms with E-state index in [1.807, 2.05) is 27.7 Å². The highest BCUT2D eigenvalue weighted by atomic mass is 35.5. The van der Waals surface area contributed by atoms with Crippen molar-refractivity contribution in [3.63, 3.8) is 0 Å². The van der Waals surface area contributed by atoms with Crippen molar-refractivity contribution >= 4 is 17.0 Å². The lowest BCUT2D eigenvalue weighted by molar-refractivity contribution is -0.256. The normalized spacial score (nSPS) is 26.3. The molecule has 0 aliphatic carbocycles. The summed E-state index contributed by atoms with van der Waals surface area (Å²) in [6.07, 6.45) is 0.917. The fraction of sp³-hybridized carbons (Fsp3) is 0.900. The first-order valence-electron chi connectivity index (χ1n) is 5.00. The van der Waals surface area contributed by atoms with E-state index in [9.17, 15) is 10.0 Å². The third kappa shape index (κ3) is 2.83. The predicted molar refractivity (Wildman–Crippen MR) is 57.1 cm³/mol. The highest BCUT2D eigenvalue weighted by molar-refractivity contribution is 6.61. The molecule has 1 aliphatic heterocycles. The van der Waals surface area contributed by atoms with E-state index >= 15 is 0 Å². The standard InChI is InChI=1S/C10H18ClNO3/c1-9(2)5-7(15-8(11)13)6-10(3,4)12(9)14/h7,14H,5-6H2,1-4H3. The van der Waals surface area contributed by atoms with Crippen molar-refractivity contribution in [2.75, 3.05) is 0 Å². The van der Waals surface area contributed by atoms with Crippen LogP contribution in [-0.4, -0.2) is 32.9 Å². The fourth-order valence-corrected chi connectivity index (χ4v) is 2.52. The first-order chi connectivity index (χ1) is 6.65. The Hall–Kier alpha value is -0.320. The molecule has 1 N–H and O–H groups in total. The van der Waals surface area contributed by atoms with E-state index in [1.165, 1.54) is 5.06 Å². The average Bonchev–Trinajstić information content (AvgIpc) is 1.97. The molecule has 1 fully saturated rings. The number of hydrogen-bond acceptors (Lipinski definition) is 4. The topological polar surface area (TPSA) is 49.8 Å². The smallest absolute Gasteiger partial charge is 0.404 e. The molecule has 0 amide bonds. The lowest BCUT2D eigenvalue weighted by atomic mass is 9.80. The van der Waals surface area contributed by atoms with Crippen LogP contribution in [0, 0.1) is 0 Å². The van der Waals surface area contributed by atoms with Crippen LogP contribution < -0.4 is 0 Å². The van der Waals surface area contributed by atoms with Crippen molar-refractivity contribution in [1.82, 2.24) is 5.06 Å². The average molecular weight is 236 g/mol. The zero-order chi connectivity index (χ0) is 11.9. The SMILES string of the molecule is CC1(C)CC(OC(=O)Cl)CC(C)(C)N1O. The van der Waals surface area contributed by atoms with Gasteiger partial charge < -0.3 is 9.94 Å². The van der Waals surface area contributed by atoms with Crippen LogP contribution in [0.2, 0.25) is 0 Å². The summed E-state index contributed by atoms with van der Waals surface area (Å²) in [6.45, 7) is 7.62. The number of hydrogen-bond donors (Lipinski definition) is 1. The summed E-state index contributed by atoms with van der Waals surface area (Å²) in [7, 11) is 0. The Morgan fingerprint density at radius 2 is 1.73 bits per heavy atom. The maximum atomic E-state index is 10.7. The molecule has 1 aliphatic rings. The van der Waals surface area contributed by atoms with Crippen molar-refractivity contribution in [2.24, 2.45) is 0 Å². The second-order valence-corrected chi connectivity index (χ2v) is 5.63. The first kappa shape index (κ1) is 12.7. The van der Waals surface area contributed by atoms with Crippen molar-refractivity contribution in [1.29, 1.82) is 0 Å². The number of ether oxygens (including phenoxy) is 1. The predicted octanol–water partition coefficient (Wildman–Crippen LogP) is 2.77. The van der Waals surface area contributed by atoms with Gasteiger partial charge in [0.1, 0.15) is 6.10 Å². The second-order valence-electron chi connectivity index (χ2n) is 5.32. The van der Waals surface area contributed by atoms with Gasteiger partial charge >= 0.3 is 5.43 Å². The van der Waals surface area contributed by atoms with E-state index in [2.05, 4.69) is 0 Å². The van der Waals surface area contributed by atoms with Gasteiger partial charge in [-0.05, 0) is 27.7 Å². The molecule has 4 nitrogen and oxygen atoms in total. The molecule has 88 valence electrons. The molecule has 0 saturated carbocycles. The number of carbonyl (C=O) groups excluding carboxylic acids is 1. The number of hydroxylamine groups is 2. The number of halogens is 1. The van der Waals surface area contributed by atoms with Gasteiger partial charge in [0.05, 0.1) is 0 Å². The molecule has 1 rings (SSSR count). The summed E-state index contributed by atoms with van der Waals surface area (Å²) in [5, 5.41) is 11.3. The van der Waals surface area contributed by atoms with Crippen molar-refractivity contribution < 1.29 is 14.7 Å². The Labute approximate surface area is 95.1 Å². The van der Waals surface area contributed by atoms with Gasteiger partial charge in [0, 0.05) is 35.5 Å². The largest absolute Gasteiger partial charge is 0.450 e. The van der Waals surface area contributed by atoms with Crippen LogP contribution >= 0.6 is 11.6 Å². The van der Waals surface area contributed by atoms with Crippen LogP contribution in [0.3, 0.4) is 0 Å². The molecular weight excluding hydrogens is 218 g/mol. The Kier molecular flexibility index (Phi) is 3.33. The lowest BCUT2D eigenvalue weighted by Crippen LogP contribution is -2.60. The first-order valence-corrected chi connectivity index (χ1v) is 5.38. The molecule has 0 atom stereocenters. The fourth-order valence-electron chi connectivity index (χ4n) is 2.39. The van der Waals surface area contributed by atoms with Crippen molar-refractivity contribution in [3.8, 4) is 0 Å². The molecule has 0 aromatic rings. The van der Waals surface area contributed by atoms with Crippen molar-refractivity contribution in [3.05, 3.63) is 0 Å². The maximum Gasteiger partial charge on any atom is 0.404 e. The second kappa shape index (κ2) is 3.92. The van der Waals surface area contributed by atoms with Crippen LogP contribution in [0.4, 0.5) is 4.79 Å². The van der Waals surface area contributed by atoms with Gasteiger partial charge in [-0.25, -0.2) is 4.79 Å². The molecule has 0 radical (unpaired) electrons. The van der Waals surface area contributed by atoms with Gasteiger partial charge in [-0.3, -0.25) is 0 Å². The van der Waals surface area contributed by atoms with Gasteiger partial charge in [0.15, 0.2) is 0 Å². The Balaban J connectivity index is 2.79. The molecular formula is C10H18ClNO3. The van der Waals surface area contributed by atoms with E-state index in [0.717, 1.165) is 0 Å². The molecule has 0 bridgehead atoms. The van der Waals surface area contributed by atoms with Crippen LogP contribution in [0.1, 0.15) is 40.5 Å². The summed E-state index contributed by atoms with van der Waals surface area (Å²) >= 11 is 5.20. The monoisotopic (exact) mass is 235 g/mol. The summed E-state index contributed by atoms with van der Waals surface area (Å²) in [5.41, 5.74) is -1.62. The van der Waals surface area contributed by atoms with Gasteiger partial charge in [-0.2, -0.15) is 5.06 Å². The van der Waals surface area contributed by atoms with E-state index in [0.29, 0.717) is 12.8 Å². The third-order valence-electron chi connectivity index (χ3n) is 2.86. The third-order valence-corrected chi connectivity index (χ3v) is 2.95. The molecule has 1 saturated heterocycles. The summed E-state index contributed by atoms with van der Waals surface area (Å²) in [4.78, 5) is 10.7. The number of rotatable bonds is 1. The minimum absolute atomic E-state index is 0.233. The summed E-state index contributed by atoms with van der Waals surface area (Å²) in [5.74, 6) is 0. The number of nitrogens with zero attached hydrogens (tertiary/aromatic N) is 1. The van der Waals surface area contributed by atoms with E-state index in [4.69, 9.17) is 16.3 Å². The zero-order valence-corrected chi connectivity index (χ0v) is 10.3. The van der Waals surface area contributed by atoms with Crippen molar-refractivity contribution in [2.45, 2.75) is 57.7 Å². The number of carbonyl (C=O) groups is 1. The van der Waals surface area contributed by atoms with E-state index < -0.39 is 16.5 Å². The maximum absolute atomic E-state index is 10.7. The molecule has 5 heteroatoms. The Morgan fingerprint density at radius 3 is 2.07 bits per heavy atom. The zero-order valence-electron chi connectivity index (χ0n) is 9.58. The van der Waals surface area contributed by atoms with E-state index in [1.54, 1.807) is 0 Å². The Morgan fingerprint density at radius 1 is 1.33 bits per heavy atom. The van der Waals surface area contributed by atoms with E-state index in [-0.39, 0.29) is 6.10 Å². The van der Waals surface area contributed by atoms with Crippen LogP contribution in [0.5, 0.6) is 0 Å². The molecule has 0 spiro atoms. The summed E-state index contributed by atoms with van der Waals surface area (Å²) in [6, 6.07) is 0. The van der Waals surface area contributed by atoms with Crippen LogP contribution in [0.15, 0.2) is 0 Å². The molecule has 0 aromatic heterocycles. The molecule has 15 heavy (non-hydrogen) atoms. The Bertz CT molecular complexity index is 247. The van der Waals surface area contributed by atoms with Crippen LogP contribution in [-0.2, 0) is 4.74 Å². The minimum Gasteiger partial charge on any atom is -0.450 e. The quantitative estimate of drug-likeness (QED) is 0.710. The van der Waals surface area contributed by atoms with Gasteiger partial charge in [0.2, 0.25) is 0 Å². The number of piperidine rings is 1. The molecule has 0 unspecified atom stereocenters. The van der Waals surface area contributed by atoms with Gasteiger partial charge in [-0.15, -0.1) is 0 Å². The molecule has 1 heterocycles. The van der Waals surface area contributed by atoms with Crippen LogP contribution in [0.25, 0.3) is 0 Å². The lowest BCUT2D eigenvalue weighted by Gasteiger charge is -2.50. The van der Waals surface area contributed by atoms with Gasteiger partial charge in [-0.1, -0.05) is 0 Å². The summed E-state index contributed by atoms with van der Waals surface area (Å²) < 4.78 is 5.00. The highest BCUT2D eigenvalue weighted by Crippen LogP contribution is 2.37. The van der Waals surface area contributed by atoms with Gasteiger partial charge in [0.25, 0.3) is 0 Å². The highest BCUT2D eigenvalue weighted by Gasteiger charge is 2.46. The minimum atomic E-state index is -0.780.